The maximum absolute atomic E-state index is 12.8. The Morgan fingerprint density at radius 1 is 1.04 bits per heavy atom. The number of hydrogen-bond acceptors (Lipinski definition) is 3. The number of carboxylic acids is 1. The summed E-state index contributed by atoms with van der Waals surface area (Å²) in [5.41, 5.74) is 1.62. The molecule has 0 aromatic heterocycles. The maximum Gasteiger partial charge on any atom is 0.328 e. The van der Waals surface area contributed by atoms with E-state index in [-0.39, 0.29) is 5.91 Å². The summed E-state index contributed by atoms with van der Waals surface area (Å²) in [4.78, 5) is 36.5. The molecule has 0 aliphatic rings. The van der Waals surface area contributed by atoms with Gasteiger partial charge in [-0.25, -0.2) is 4.79 Å². The Labute approximate surface area is 145 Å². The van der Waals surface area contributed by atoms with Gasteiger partial charge in [0.1, 0.15) is 0 Å². The molecule has 2 aromatic carbocycles. The zero-order valence-electron chi connectivity index (χ0n) is 13.7. The smallest absolute Gasteiger partial charge is 0.328 e. The minimum atomic E-state index is -1.21. The molecule has 0 unspecified atom stereocenters. The van der Waals surface area contributed by atoms with Gasteiger partial charge in [-0.05, 0) is 37.3 Å². The van der Waals surface area contributed by atoms with E-state index in [0.717, 1.165) is 17.8 Å². The molecule has 6 nitrogen and oxygen atoms in total. The molecule has 128 valence electrons. The van der Waals surface area contributed by atoms with E-state index >= 15 is 0 Å². The van der Waals surface area contributed by atoms with E-state index in [0.29, 0.717) is 17.8 Å². The average Bonchev–Trinajstić information content (AvgIpc) is 2.61. The number of benzene rings is 2. The van der Waals surface area contributed by atoms with Crippen molar-refractivity contribution in [1.82, 2.24) is 0 Å². The van der Waals surface area contributed by atoms with Crippen molar-refractivity contribution in [1.29, 1.82) is 0 Å². The van der Waals surface area contributed by atoms with Crippen LogP contribution in [0.3, 0.4) is 0 Å². The van der Waals surface area contributed by atoms with Gasteiger partial charge < -0.3 is 15.3 Å². The number of anilines is 2. The Kier molecular flexibility index (Phi) is 6.06. The number of nitrogens with zero attached hydrogens (tertiary/aromatic N) is 1. The molecule has 0 atom stereocenters. The van der Waals surface area contributed by atoms with Crippen molar-refractivity contribution in [3.63, 3.8) is 0 Å². The Hall–Kier alpha value is -3.41. The Morgan fingerprint density at radius 2 is 1.76 bits per heavy atom. The molecule has 6 heteroatoms. The van der Waals surface area contributed by atoms with Crippen molar-refractivity contribution in [3.05, 3.63) is 72.3 Å². The minimum Gasteiger partial charge on any atom is -0.478 e. The Balaban J connectivity index is 2.18. The molecule has 2 rings (SSSR count). The van der Waals surface area contributed by atoms with E-state index in [1.165, 1.54) is 0 Å². The van der Waals surface area contributed by atoms with E-state index in [2.05, 4.69) is 5.32 Å². The van der Waals surface area contributed by atoms with E-state index in [9.17, 15) is 14.4 Å². The van der Waals surface area contributed by atoms with Crippen molar-refractivity contribution in [2.75, 3.05) is 16.8 Å². The van der Waals surface area contributed by atoms with Crippen LogP contribution in [0.5, 0.6) is 0 Å². The van der Waals surface area contributed by atoms with Gasteiger partial charge in [0, 0.05) is 35.6 Å². The number of rotatable bonds is 6. The van der Waals surface area contributed by atoms with Crippen molar-refractivity contribution in [2.45, 2.75) is 6.92 Å². The number of nitrogens with one attached hydrogen (secondary N) is 1. The predicted molar refractivity (Wildman–Crippen MR) is 95.6 cm³/mol. The molecular weight excluding hydrogens is 320 g/mol. The molecule has 0 saturated carbocycles. The first-order valence-electron chi connectivity index (χ1n) is 7.70. The summed E-state index contributed by atoms with van der Waals surface area (Å²) in [5, 5.41) is 11.1. The zero-order valence-corrected chi connectivity index (χ0v) is 13.7. The molecular formula is C19H18N2O4. The second kappa shape index (κ2) is 8.44. The van der Waals surface area contributed by atoms with Gasteiger partial charge in [0.05, 0.1) is 0 Å². The van der Waals surface area contributed by atoms with Crippen molar-refractivity contribution in [2.24, 2.45) is 0 Å². The molecule has 2 N–H and O–H groups in total. The molecule has 0 saturated heterocycles. The maximum atomic E-state index is 12.8. The van der Waals surface area contributed by atoms with Gasteiger partial charge in [-0.15, -0.1) is 0 Å². The van der Waals surface area contributed by atoms with Crippen LogP contribution in [0.4, 0.5) is 11.4 Å². The molecule has 0 spiro atoms. The summed E-state index contributed by atoms with van der Waals surface area (Å²) >= 11 is 0. The first-order valence-corrected chi connectivity index (χ1v) is 7.70. The molecule has 0 radical (unpaired) electrons. The van der Waals surface area contributed by atoms with Crippen LogP contribution < -0.4 is 10.2 Å². The summed E-state index contributed by atoms with van der Waals surface area (Å²) in [6.45, 7) is 2.38. The fourth-order valence-corrected chi connectivity index (χ4v) is 2.27. The van der Waals surface area contributed by atoms with Crippen LogP contribution in [0.2, 0.25) is 0 Å². The second-order valence-corrected chi connectivity index (χ2v) is 5.13. The summed E-state index contributed by atoms with van der Waals surface area (Å²) in [7, 11) is 0. The number of carboxylic acid groups (broad SMARTS) is 1. The van der Waals surface area contributed by atoms with Crippen LogP contribution in [0.15, 0.2) is 66.7 Å². The van der Waals surface area contributed by atoms with Gasteiger partial charge in [0.15, 0.2) is 0 Å². The Morgan fingerprint density at radius 3 is 2.40 bits per heavy atom. The van der Waals surface area contributed by atoms with Crippen LogP contribution in [0.25, 0.3) is 0 Å². The van der Waals surface area contributed by atoms with E-state index in [4.69, 9.17) is 5.11 Å². The highest BCUT2D eigenvalue weighted by Gasteiger charge is 2.16. The molecule has 2 amide bonds. The van der Waals surface area contributed by atoms with Gasteiger partial charge in [-0.1, -0.05) is 24.3 Å². The van der Waals surface area contributed by atoms with Crippen LogP contribution in [0, 0.1) is 0 Å². The predicted octanol–water partition coefficient (Wildman–Crippen LogP) is 2.93. The van der Waals surface area contributed by atoms with Gasteiger partial charge in [-0.3, -0.25) is 9.59 Å². The summed E-state index contributed by atoms with van der Waals surface area (Å²) in [5.74, 6) is -1.98. The molecule has 0 aliphatic heterocycles. The van der Waals surface area contributed by atoms with Gasteiger partial charge >= 0.3 is 5.97 Å². The van der Waals surface area contributed by atoms with Crippen LogP contribution >= 0.6 is 0 Å². The molecule has 25 heavy (non-hydrogen) atoms. The lowest BCUT2D eigenvalue weighted by Crippen LogP contribution is -2.30. The normalized spacial score (nSPS) is 10.4. The summed E-state index contributed by atoms with van der Waals surface area (Å²) in [6.07, 6.45) is 1.66. The van der Waals surface area contributed by atoms with E-state index < -0.39 is 11.9 Å². The molecule has 0 fully saturated rings. The molecule has 2 aromatic rings. The number of para-hydroxylation sites is 1. The standard InChI is InChI=1S/C19H18N2O4/c1-2-21(16-9-4-3-5-10-16)19(25)14-7-6-8-15(13-14)20-17(22)11-12-18(23)24/h3-13H,2H2,1H3,(H,20,22)(H,23,24)/b12-11+. The fraction of sp³-hybridized carbons (Fsp3) is 0.105. The van der Waals surface area contributed by atoms with Crippen molar-refractivity contribution in [3.8, 4) is 0 Å². The summed E-state index contributed by atoms with van der Waals surface area (Å²) in [6, 6.07) is 15.8. The quantitative estimate of drug-likeness (QED) is 0.793. The second-order valence-electron chi connectivity index (χ2n) is 5.13. The first-order chi connectivity index (χ1) is 12.0. The number of carbonyl (C=O) groups is 3. The van der Waals surface area contributed by atoms with Crippen molar-refractivity contribution < 1.29 is 19.5 Å². The Bertz CT molecular complexity index is 800. The zero-order chi connectivity index (χ0) is 18.2. The van der Waals surface area contributed by atoms with Crippen LogP contribution in [-0.2, 0) is 9.59 Å². The van der Waals surface area contributed by atoms with E-state index in [1.807, 2.05) is 37.3 Å². The topological polar surface area (TPSA) is 86.7 Å². The number of aliphatic carboxylic acids is 1. The van der Waals surface area contributed by atoms with Gasteiger partial charge in [0.2, 0.25) is 5.91 Å². The van der Waals surface area contributed by atoms with Gasteiger partial charge in [-0.2, -0.15) is 0 Å². The number of carbonyl (C=O) groups excluding carboxylic acids is 2. The highest BCUT2D eigenvalue weighted by Crippen LogP contribution is 2.18. The first kappa shape index (κ1) is 17.9. The third-order valence-electron chi connectivity index (χ3n) is 3.38. The van der Waals surface area contributed by atoms with E-state index in [1.54, 1.807) is 29.2 Å². The highest BCUT2D eigenvalue weighted by molar-refractivity contribution is 6.07. The summed E-state index contributed by atoms with van der Waals surface area (Å²) < 4.78 is 0. The third-order valence-corrected chi connectivity index (χ3v) is 3.38. The van der Waals surface area contributed by atoms with Crippen LogP contribution in [-0.4, -0.2) is 29.4 Å². The lowest BCUT2D eigenvalue weighted by atomic mass is 10.1. The number of amides is 2. The lowest BCUT2D eigenvalue weighted by molar-refractivity contribution is -0.131. The highest BCUT2D eigenvalue weighted by atomic mass is 16.4. The third kappa shape index (κ3) is 5.04. The molecule has 0 aliphatic carbocycles. The SMILES string of the molecule is CCN(C(=O)c1cccc(NC(=O)/C=C/C(=O)O)c1)c1ccccc1. The average molecular weight is 338 g/mol. The minimum absolute atomic E-state index is 0.189. The van der Waals surface area contributed by atoms with Crippen molar-refractivity contribution >= 4 is 29.2 Å². The largest absolute Gasteiger partial charge is 0.478 e. The lowest BCUT2D eigenvalue weighted by Gasteiger charge is -2.21. The van der Waals surface area contributed by atoms with Crippen LogP contribution in [0.1, 0.15) is 17.3 Å². The molecule has 0 bridgehead atoms. The number of hydrogen-bond donors (Lipinski definition) is 2. The van der Waals surface area contributed by atoms with Gasteiger partial charge in [0.25, 0.3) is 5.91 Å². The fourth-order valence-electron chi connectivity index (χ4n) is 2.27. The monoisotopic (exact) mass is 338 g/mol. The molecule has 0 heterocycles.